The van der Waals surface area contributed by atoms with Gasteiger partial charge in [-0.1, -0.05) is 12.1 Å². The highest BCUT2D eigenvalue weighted by Gasteiger charge is 2.10. The van der Waals surface area contributed by atoms with E-state index < -0.39 is 0 Å². The SMILES string of the molecule is COCCn1c(-c2cccc(OC)c2)ccc(C#N)c1=O. The number of hydrogen-bond donors (Lipinski definition) is 0. The van der Waals surface area contributed by atoms with Crippen molar-refractivity contribution in [1.82, 2.24) is 4.57 Å². The number of methoxy groups -OCH3 is 2. The van der Waals surface area contributed by atoms with Crippen LogP contribution in [0.1, 0.15) is 5.56 Å². The topological polar surface area (TPSA) is 64.2 Å². The van der Waals surface area contributed by atoms with Crippen LogP contribution in [0.2, 0.25) is 0 Å². The molecule has 0 amide bonds. The van der Waals surface area contributed by atoms with E-state index in [1.165, 1.54) is 0 Å². The second kappa shape index (κ2) is 6.73. The number of pyridine rings is 1. The monoisotopic (exact) mass is 284 g/mol. The highest BCUT2D eigenvalue weighted by molar-refractivity contribution is 5.62. The maximum absolute atomic E-state index is 12.3. The first-order chi connectivity index (χ1) is 10.2. The summed E-state index contributed by atoms with van der Waals surface area (Å²) in [7, 11) is 3.17. The number of aromatic nitrogens is 1. The lowest BCUT2D eigenvalue weighted by Gasteiger charge is -2.13. The van der Waals surface area contributed by atoms with Gasteiger partial charge in [0.2, 0.25) is 0 Å². The molecule has 1 aromatic heterocycles. The Morgan fingerprint density at radius 1 is 1.24 bits per heavy atom. The molecule has 0 bridgehead atoms. The van der Waals surface area contributed by atoms with Gasteiger partial charge in [-0.3, -0.25) is 4.79 Å². The second-order valence-electron chi connectivity index (χ2n) is 4.43. The Labute approximate surface area is 123 Å². The third-order valence-corrected chi connectivity index (χ3v) is 3.18. The molecule has 0 N–H and O–H groups in total. The molecule has 0 aliphatic heterocycles. The Hall–Kier alpha value is -2.58. The Kier molecular flexibility index (Phi) is 4.75. The van der Waals surface area contributed by atoms with Gasteiger partial charge in [-0.05, 0) is 24.3 Å². The molecule has 0 unspecified atom stereocenters. The minimum absolute atomic E-state index is 0.123. The summed E-state index contributed by atoms with van der Waals surface area (Å²) in [5.74, 6) is 0.711. The lowest BCUT2D eigenvalue weighted by molar-refractivity contribution is 0.186. The molecule has 0 radical (unpaired) electrons. The van der Waals surface area contributed by atoms with Crippen molar-refractivity contribution in [2.45, 2.75) is 6.54 Å². The van der Waals surface area contributed by atoms with Gasteiger partial charge in [0.1, 0.15) is 17.4 Å². The zero-order chi connectivity index (χ0) is 15.2. The fourth-order valence-electron chi connectivity index (χ4n) is 2.10. The quantitative estimate of drug-likeness (QED) is 0.843. The Balaban J connectivity index is 2.59. The van der Waals surface area contributed by atoms with Crippen LogP contribution in [0.3, 0.4) is 0 Å². The van der Waals surface area contributed by atoms with Crippen molar-refractivity contribution < 1.29 is 9.47 Å². The van der Waals surface area contributed by atoms with Crippen LogP contribution in [0, 0.1) is 11.3 Å². The average Bonchev–Trinajstić information content (AvgIpc) is 2.53. The van der Waals surface area contributed by atoms with Crippen molar-refractivity contribution in [2.24, 2.45) is 0 Å². The van der Waals surface area contributed by atoms with Gasteiger partial charge in [0.25, 0.3) is 5.56 Å². The Morgan fingerprint density at radius 3 is 2.71 bits per heavy atom. The van der Waals surface area contributed by atoms with Gasteiger partial charge in [-0.2, -0.15) is 5.26 Å². The summed E-state index contributed by atoms with van der Waals surface area (Å²) >= 11 is 0. The molecule has 0 saturated carbocycles. The van der Waals surface area contributed by atoms with E-state index in [2.05, 4.69) is 0 Å². The minimum Gasteiger partial charge on any atom is -0.497 e. The normalized spacial score (nSPS) is 10.1. The Bertz CT molecular complexity index is 729. The lowest BCUT2D eigenvalue weighted by atomic mass is 10.1. The molecule has 1 aromatic carbocycles. The van der Waals surface area contributed by atoms with Crippen molar-refractivity contribution in [1.29, 1.82) is 5.26 Å². The number of ether oxygens (including phenoxy) is 2. The van der Waals surface area contributed by atoms with Gasteiger partial charge >= 0.3 is 0 Å². The number of nitrogens with zero attached hydrogens (tertiary/aromatic N) is 2. The first kappa shape index (κ1) is 14.8. The summed E-state index contributed by atoms with van der Waals surface area (Å²) in [6.45, 7) is 0.781. The van der Waals surface area contributed by atoms with Gasteiger partial charge in [0, 0.05) is 19.2 Å². The summed E-state index contributed by atoms with van der Waals surface area (Å²) in [5.41, 5.74) is 1.40. The molecule has 5 nitrogen and oxygen atoms in total. The van der Waals surface area contributed by atoms with Crippen LogP contribution in [-0.4, -0.2) is 25.4 Å². The first-order valence-electron chi connectivity index (χ1n) is 6.48. The van der Waals surface area contributed by atoms with Crippen molar-refractivity contribution in [3.63, 3.8) is 0 Å². The molecule has 2 rings (SSSR count). The van der Waals surface area contributed by atoms with Gasteiger partial charge in [-0.25, -0.2) is 0 Å². The smallest absolute Gasteiger partial charge is 0.269 e. The standard InChI is InChI=1S/C16H16N2O3/c1-20-9-8-18-15(7-6-13(11-17)16(18)19)12-4-3-5-14(10-12)21-2/h3-7,10H,8-9H2,1-2H3. The lowest BCUT2D eigenvalue weighted by Crippen LogP contribution is -2.25. The van der Waals surface area contributed by atoms with Crippen LogP contribution in [0.5, 0.6) is 5.75 Å². The van der Waals surface area contributed by atoms with Crippen LogP contribution < -0.4 is 10.3 Å². The average molecular weight is 284 g/mol. The third-order valence-electron chi connectivity index (χ3n) is 3.18. The van der Waals surface area contributed by atoms with Gasteiger partial charge < -0.3 is 14.0 Å². The zero-order valence-electron chi connectivity index (χ0n) is 12.0. The molecule has 2 aromatic rings. The third kappa shape index (κ3) is 3.12. The fourth-order valence-corrected chi connectivity index (χ4v) is 2.10. The summed E-state index contributed by atoms with van der Waals surface area (Å²) in [6, 6.07) is 12.7. The molecule has 0 aliphatic carbocycles. The van der Waals surface area contributed by atoms with Crippen LogP contribution in [0.4, 0.5) is 0 Å². The summed E-state index contributed by atoms with van der Waals surface area (Å²) in [4.78, 5) is 12.3. The number of benzene rings is 1. The summed E-state index contributed by atoms with van der Waals surface area (Å²) in [5, 5.41) is 9.00. The molecule has 21 heavy (non-hydrogen) atoms. The van der Waals surface area contributed by atoms with Crippen molar-refractivity contribution >= 4 is 0 Å². The van der Waals surface area contributed by atoms with E-state index in [4.69, 9.17) is 14.7 Å². The molecule has 0 atom stereocenters. The maximum atomic E-state index is 12.3. The molecular weight excluding hydrogens is 268 g/mol. The second-order valence-corrected chi connectivity index (χ2v) is 4.43. The number of nitriles is 1. The molecule has 0 saturated heterocycles. The van der Waals surface area contributed by atoms with Crippen LogP contribution in [-0.2, 0) is 11.3 Å². The minimum atomic E-state index is -0.310. The fraction of sp³-hybridized carbons (Fsp3) is 0.250. The highest BCUT2D eigenvalue weighted by Crippen LogP contribution is 2.23. The molecule has 108 valence electrons. The van der Waals surface area contributed by atoms with E-state index in [0.717, 1.165) is 11.3 Å². The van der Waals surface area contributed by atoms with Gasteiger partial charge in [0.05, 0.1) is 19.4 Å². The molecule has 0 aliphatic rings. The molecular formula is C16H16N2O3. The highest BCUT2D eigenvalue weighted by atomic mass is 16.5. The largest absolute Gasteiger partial charge is 0.497 e. The molecule has 0 fully saturated rings. The maximum Gasteiger partial charge on any atom is 0.269 e. The van der Waals surface area contributed by atoms with E-state index in [-0.39, 0.29) is 11.1 Å². The molecule has 1 heterocycles. The van der Waals surface area contributed by atoms with E-state index in [9.17, 15) is 4.79 Å². The number of hydrogen-bond acceptors (Lipinski definition) is 4. The van der Waals surface area contributed by atoms with Crippen LogP contribution in [0.15, 0.2) is 41.2 Å². The zero-order valence-corrected chi connectivity index (χ0v) is 12.0. The van der Waals surface area contributed by atoms with Crippen molar-refractivity contribution in [3.05, 3.63) is 52.3 Å². The van der Waals surface area contributed by atoms with Gasteiger partial charge in [0.15, 0.2) is 0 Å². The summed E-state index contributed by atoms with van der Waals surface area (Å²) in [6.07, 6.45) is 0. The van der Waals surface area contributed by atoms with Crippen LogP contribution >= 0.6 is 0 Å². The summed E-state index contributed by atoms with van der Waals surface area (Å²) < 4.78 is 11.8. The van der Waals surface area contributed by atoms with Gasteiger partial charge in [-0.15, -0.1) is 0 Å². The van der Waals surface area contributed by atoms with Crippen molar-refractivity contribution in [2.75, 3.05) is 20.8 Å². The number of rotatable bonds is 5. The predicted molar refractivity (Wildman–Crippen MR) is 79.3 cm³/mol. The molecule has 0 spiro atoms. The van der Waals surface area contributed by atoms with E-state index in [1.807, 2.05) is 30.3 Å². The van der Waals surface area contributed by atoms with E-state index in [0.29, 0.717) is 18.9 Å². The first-order valence-corrected chi connectivity index (χ1v) is 6.48. The Morgan fingerprint density at radius 2 is 2.05 bits per heavy atom. The molecule has 5 heteroatoms. The van der Waals surface area contributed by atoms with Crippen molar-refractivity contribution in [3.8, 4) is 23.1 Å². The van der Waals surface area contributed by atoms with E-state index >= 15 is 0 Å². The van der Waals surface area contributed by atoms with Crippen LogP contribution in [0.25, 0.3) is 11.3 Å². The van der Waals surface area contributed by atoms with E-state index in [1.54, 1.807) is 30.9 Å². The predicted octanol–water partition coefficient (Wildman–Crippen LogP) is 2.04.